The molecule has 2 atom stereocenters. The third-order valence-corrected chi connectivity index (χ3v) is 5.77. The van der Waals surface area contributed by atoms with Gasteiger partial charge in [0, 0.05) is 6.42 Å². The van der Waals surface area contributed by atoms with Gasteiger partial charge in [0.1, 0.15) is 6.10 Å². The number of esters is 1. The molecule has 2 rings (SSSR count). The lowest BCUT2D eigenvalue weighted by Crippen LogP contribution is -2.30. The number of unbranched alkanes of at least 4 members (excludes halogenated alkanes) is 1. The van der Waals surface area contributed by atoms with E-state index in [1.807, 2.05) is 6.92 Å². The van der Waals surface area contributed by atoms with Crippen LogP contribution in [0.4, 0.5) is 0 Å². The highest BCUT2D eigenvalue weighted by Crippen LogP contribution is 2.26. The SMILES string of the molecule is COC(=O)CCCCC1OC=NC1S(=O)(=O)c1ccc(C)cc1. The van der Waals surface area contributed by atoms with E-state index in [2.05, 4.69) is 9.73 Å². The van der Waals surface area contributed by atoms with Crippen molar-refractivity contribution in [3.63, 3.8) is 0 Å². The molecule has 1 aliphatic rings. The molecule has 0 N–H and O–H groups in total. The third kappa shape index (κ3) is 4.31. The fraction of sp³-hybridized carbons (Fsp3) is 0.500. The van der Waals surface area contributed by atoms with Gasteiger partial charge < -0.3 is 9.47 Å². The molecule has 7 heteroatoms. The quantitative estimate of drug-likeness (QED) is 0.562. The van der Waals surface area contributed by atoms with Crippen molar-refractivity contribution in [1.29, 1.82) is 0 Å². The van der Waals surface area contributed by atoms with Crippen LogP contribution in [0.15, 0.2) is 34.2 Å². The molecule has 0 saturated carbocycles. The van der Waals surface area contributed by atoms with Crippen molar-refractivity contribution in [3.8, 4) is 0 Å². The molecule has 0 aromatic heterocycles. The van der Waals surface area contributed by atoms with Crippen molar-refractivity contribution < 1.29 is 22.7 Å². The topological polar surface area (TPSA) is 82.0 Å². The van der Waals surface area contributed by atoms with Gasteiger partial charge >= 0.3 is 5.97 Å². The Morgan fingerprint density at radius 3 is 2.61 bits per heavy atom. The van der Waals surface area contributed by atoms with Gasteiger partial charge in [-0.05, 0) is 38.3 Å². The van der Waals surface area contributed by atoms with E-state index in [1.165, 1.54) is 13.5 Å². The van der Waals surface area contributed by atoms with Crippen LogP contribution in [0.25, 0.3) is 0 Å². The zero-order valence-corrected chi connectivity index (χ0v) is 14.1. The lowest BCUT2D eigenvalue weighted by molar-refractivity contribution is -0.140. The minimum atomic E-state index is -3.58. The van der Waals surface area contributed by atoms with Crippen molar-refractivity contribution in [1.82, 2.24) is 0 Å². The smallest absolute Gasteiger partial charge is 0.305 e. The van der Waals surface area contributed by atoms with Crippen LogP contribution in [0, 0.1) is 6.92 Å². The predicted molar refractivity (Wildman–Crippen MR) is 86.0 cm³/mol. The Hall–Kier alpha value is -1.89. The summed E-state index contributed by atoms with van der Waals surface area (Å²) in [5, 5.41) is -0.927. The Bertz CT molecular complexity index is 666. The Morgan fingerprint density at radius 2 is 1.96 bits per heavy atom. The summed E-state index contributed by atoms with van der Waals surface area (Å²) in [4.78, 5) is 15.3. The summed E-state index contributed by atoms with van der Waals surface area (Å²) in [6.45, 7) is 1.90. The Balaban J connectivity index is 1.98. The number of carbonyl (C=O) groups excluding carboxylic acids is 1. The van der Waals surface area contributed by atoms with Crippen LogP contribution < -0.4 is 0 Å². The Morgan fingerprint density at radius 1 is 1.26 bits per heavy atom. The van der Waals surface area contributed by atoms with E-state index in [-0.39, 0.29) is 10.9 Å². The van der Waals surface area contributed by atoms with Crippen LogP contribution in [-0.4, -0.2) is 39.4 Å². The Labute approximate surface area is 136 Å². The molecule has 1 heterocycles. The monoisotopic (exact) mass is 339 g/mol. The van der Waals surface area contributed by atoms with Crippen LogP contribution in [0.1, 0.15) is 31.2 Å². The number of hydrogen-bond acceptors (Lipinski definition) is 6. The summed E-state index contributed by atoms with van der Waals surface area (Å²) in [5.41, 5.74) is 0.995. The molecule has 0 aliphatic carbocycles. The summed E-state index contributed by atoms with van der Waals surface area (Å²) in [6.07, 6.45) is 2.83. The molecule has 1 aromatic rings. The lowest BCUT2D eigenvalue weighted by atomic mass is 10.1. The van der Waals surface area contributed by atoms with Crippen LogP contribution in [-0.2, 0) is 24.1 Å². The second kappa shape index (κ2) is 7.59. The van der Waals surface area contributed by atoms with E-state index in [1.54, 1.807) is 24.3 Å². The first-order valence-corrected chi connectivity index (χ1v) is 9.04. The van der Waals surface area contributed by atoms with Crippen LogP contribution in [0.3, 0.4) is 0 Å². The van der Waals surface area contributed by atoms with Crippen LogP contribution >= 0.6 is 0 Å². The minimum Gasteiger partial charge on any atom is -0.477 e. The van der Waals surface area contributed by atoms with Gasteiger partial charge in [0.15, 0.2) is 11.8 Å². The molecule has 1 aromatic carbocycles. The van der Waals surface area contributed by atoms with Crippen LogP contribution in [0.2, 0.25) is 0 Å². The molecule has 0 bridgehead atoms. The summed E-state index contributed by atoms with van der Waals surface area (Å²) in [5.74, 6) is -0.266. The van der Waals surface area contributed by atoms with Crippen molar-refractivity contribution >= 4 is 22.2 Å². The minimum absolute atomic E-state index is 0.246. The number of ether oxygens (including phenoxy) is 2. The first kappa shape index (κ1) is 17.5. The molecule has 126 valence electrons. The number of hydrogen-bond donors (Lipinski definition) is 0. The maximum absolute atomic E-state index is 12.7. The molecule has 1 aliphatic heterocycles. The van der Waals surface area contributed by atoms with Crippen LogP contribution in [0.5, 0.6) is 0 Å². The first-order chi connectivity index (χ1) is 10.9. The largest absolute Gasteiger partial charge is 0.477 e. The molecule has 6 nitrogen and oxygen atoms in total. The van der Waals surface area contributed by atoms with E-state index >= 15 is 0 Å². The molecule has 0 spiro atoms. The molecule has 0 saturated heterocycles. The van der Waals surface area contributed by atoms with Crippen molar-refractivity contribution in [2.45, 2.75) is 49.0 Å². The van der Waals surface area contributed by atoms with Gasteiger partial charge in [-0.15, -0.1) is 0 Å². The number of methoxy groups -OCH3 is 1. The third-order valence-electron chi connectivity index (χ3n) is 3.78. The van der Waals surface area contributed by atoms with E-state index < -0.39 is 21.3 Å². The highest BCUT2D eigenvalue weighted by molar-refractivity contribution is 7.92. The molecule has 0 amide bonds. The number of aliphatic imine (C=N–C) groups is 1. The zero-order chi connectivity index (χ0) is 16.9. The molecular weight excluding hydrogens is 318 g/mol. The van der Waals surface area contributed by atoms with Crippen molar-refractivity contribution in [2.24, 2.45) is 4.99 Å². The number of rotatable bonds is 7. The second-order valence-corrected chi connectivity index (χ2v) is 7.54. The first-order valence-electron chi connectivity index (χ1n) is 7.49. The lowest BCUT2D eigenvalue weighted by Gasteiger charge is -2.17. The van der Waals surface area contributed by atoms with E-state index in [9.17, 15) is 13.2 Å². The predicted octanol–water partition coefficient (Wildman–Crippen LogP) is 2.26. The van der Waals surface area contributed by atoms with E-state index in [0.717, 1.165) is 5.56 Å². The Kier molecular flexibility index (Phi) is 5.76. The maximum Gasteiger partial charge on any atom is 0.305 e. The molecule has 0 radical (unpaired) electrons. The average molecular weight is 339 g/mol. The number of sulfone groups is 1. The molecule has 23 heavy (non-hydrogen) atoms. The summed E-state index contributed by atoms with van der Waals surface area (Å²) < 4.78 is 35.3. The number of carbonyl (C=O) groups is 1. The standard InChI is InChI=1S/C16H21NO5S/c1-12-7-9-13(10-8-12)23(19,20)16-14(22-11-17-16)5-3-4-6-15(18)21-2/h7-11,14,16H,3-6H2,1-2H3. The summed E-state index contributed by atoms with van der Waals surface area (Å²) >= 11 is 0. The van der Waals surface area contributed by atoms with Gasteiger partial charge in [0.2, 0.25) is 9.84 Å². The number of nitrogens with zero attached hydrogens (tertiary/aromatic N) is 1. The van der Waals surface area contributed by atoms with Gasteiger partial charge in [-0.3, -0.25) is 4.79 Å². The summed E-state index contributed by atoms with van der Waals surface area (Å²) in [7, 11) is -2.23. The van der Waals surface area contributed by atoms with Crippen molar-refractivity contribution in [3.05, 3.63) is 29.8 Å². The van der Waals surface area contributed by atoms with Gasteiger partial charge in [-0.2, -0.15) is 0 Å². The maximum atomic E-state index is 12.7. The van der Waals surface area contributed by atoms with Gasteiger partial charge in [-0.25, -0.2) is 13.4 Å². The highest BCUT2D eigenvalue weighted by Gasteiger charge is 2.38. The second-order valence-electron chi connectivity index (χ2n) is 5.50. The summed E-state index contributed by atoms with van der Waals surface area (Å²) in [6, 6.07) is 6.70. The average Bonchev–Trinajstić information content (AvgIpc) is 3.01. The fourth-order valence-corrected chi connectivity index (χ4v) is 4.02. The molecular formula is C16H21NO5S. The zero-order valence-electron chi connectivity index (χ0n) is 13.3. The number of benzene rings is 1. The normalized spacial score (nSPS) is 20.3. The van der Waals surface area contributed by atoms with Crippen molar-refractivity contribution in [2.75, 3.05) is 7.11 Å². The van der Waals surface area contributed by atoms with Gasteiger partial charge in [-0.1, -0.05) is 17.7 Å². The highest BCUT2D eigenvalue weighted by atomic mass is 32.2. The van der Waals surface area contributed by atoms with E-state index in [4.69, 9.17) is 4.74 Å². The van der Waals surface area contributed by atoms with Gasteiger partial charge in [0.25, 0.3) is 0 Å². The molecule has 2 unspecified atom stereocenters. The fourth-order valence-electron chi connectivity index (χ4n) is 2.41. The van der Waals surface area contributed by atoms with Gasteiger partial charge in [0.05, 0.1) is 12.0 Å². The van der Waals surface area contributed by atoms with E-state index in [0.29, 0.717) is 25.7 Å². The number of aryl methyl sites for hydroxylation is 1. The molecule has 0 fully saturated rings.